The molecule has 436 valence electrons. The second-order valence-corrected chi connectivity index (χ2v) is 21.1. The Morgan fingerprint density at radius 3 is 1.40 bits per heavy atom. The Labute approximate surface area is 454 Å². The third kappa shape index (κ3) is 32.4. The smallest absolute Gasteiger partial charge is 0.220 e. The zero-order valence-corrected chi connectivity index (χ0v) is 46.8. The van der Waals surface area contributed by atoms with Crippen molar-refractivity contribution in [3.63, 3.8) is 0 Å². The van der Waals surface area contributed by atoms with E-state index >= 15 is 0 Å². The monoisotopic (exact) mass is 1060 g/mol. The van der Waals surface area contributed by atoms with Crippen molar-refractivity contribution in [3.8, 4) is 0 Å². The lowest BCUT2D eigenvalue weighted by Crippen LogP contribution is -2.65. The average molecular weight is 1060 g/mol. The highest BCUT2D eigenvalue weighted by molar-refractivity contribution is 5.76. The first-order valence-corrected chi connectivity index (χ1v) is 30.0. The highest BCUT2D eigenvalue weighted by atomic mass is 16.7. The second kappa shape index (κ2) is 46.6. The first kappa shape index (κ1) is 68.8. The molecule has 2 aliphatic rings. The molecule has 12 atom stereocenters. The number of carbonyl (C=O) groups is 1. The molecule has 2 saturated heterocycles. The summed E-state index contributed by atoms with van der Waals surface area (Å²) in [5.41, 5.74) is 0. The molecule has 14 heteroatoms. The zero-order valence-electron chi connectivity index (χ0n) is 46.8. The van der Waals surface area contributed by atoms with E-state index in [1.165, 1.54) is 128 Å². The van der Waals surface area contributed by atoms with Crippen molar-refractivity contribution in [1.29, 1.82) is 0 Å². The van der Waals surface area contributed by atoms with Gasteiger partial charge in [-0.1, -0.05) is 209 Å². The Hall–Kier alpha value is -2.31. The fourth-order valence-electron chi connectivity index (χ4n) is 9.55. The Bertz CT molecular complexity index is 1490. The van der Waals surface area contributed by atoms with Crippen molar-refractivity contribution in [1.82, 2.24) is 5.32 Å². The maximum Gasteiger partial charge on any atom is 0.220 e. The Kier molecular flexibility index (Phi) is 42.7. The number of amides is 1. The molecule has 0 bridgehead atoms. The minimum Gasteiger partial charge on any atom is -0.394 e. The van der Waals surface area contributed by atoms with Crippen LogP contribution >= 0.6 is 0 Å². The van der Waals surface area contributed by atoms with Crippen LogP contribution in [0.5, 0.6) is 0 Å². The highest BCUT2D eigenvalue weighted by Gasteiger charge is 2.51. The van der Waals surface area contributed by atoms with Gasteiger partial charge in [0, 0.05) is 6.42 Å². The Morgan fingerprint density at radius 2 is 0.893 bits per heavy atom. The molecule has 0 aromatic rings. The number of aliphatic hydroxyl groups excluding tert-OH is 8. The number of hydrogen-bond donors (Lipinski definition) is 9. The summed E-state index contributed by atoms with van der Waals surface area (Å²) >= 11 is 0. The molecule has 1 amide bonds. The number of allylic oxidation sites excluding steroid dienone is 9. The summed E-state index contributed by atoms with van der Waals surface area (Å²) in [6.07, 6.45) is 42.5. The van der Waals surface area contributed by atoms with Crippen LogP contribution in [0.4, 0.5) is 0 Å². The van der Waals surface area contributed by atoms with E-state index in [4.69, 9.17) is 18.9 Å². The van der Waals surface area contributed by atoms with Gasteiger partial charge in [0.05, 0.1) is 32.0 Å². The molecule has 0 radical (unpaired) electrons. The van der Waals surface area contributed by atoms with Gasteiger partial charge in [-0.2, -0.15) is 0 Å². The minimum atomic E-state index is -1.79. The number of carbonyl (C=O) groups excluding carboxylic acids is 1. The summed E-state index contributed by atoms with van der Waals surface area (Å²) in [5.74, 6) is -0.262. The van der Waals surface area contributed by atoms with Crippen LogP contribution in [0.25, 0.3) is 0 Å². The molecule has 0 saturated carbocycles. The normalized spacial score (nSPS) is 25.5. The highest BCUT2D eigenvalue weighted by Crippen LogP contribution is 2.30. The minimum absolute atomic E-state index is 0.257. The van der Waals surface area contributed by atoms with Gasteiger partial charge < -0.3 is 65.1 Å². The van der Waals surface area contributed by atoms with Crippen LogP contribution in [0.3, 0.4) is 0 Å². The molecule has 14 nitrogen and oxygen atoms in total. The van der Waals surface area contributed by atoms with Crippen molar-refractivity contribution in [2.24, 2.45) is 0 Å². The molecule has 75 heavy (non-hydrogen) atoms. The molecular weight excluding hydrogens is 955 g/mol. The topological polar surface area (TPSA) is 228 Å². The molecular formula is C61H109NO13. The van der Waals surface area contributed by atoms with Gasteiger partial charge in [0.1, 0.15) is 48.8 Å². The van der Waals surface area contributed by atoms with Gasteiger partial charge in [0.25, 0.3) is 0 Å². The van der Waals surface area contributed by atoms with E-state index in [2.05, 4.69) is 67.8 Å². The van der Waals surface area contributed by atoms with Gasteiger partial charge in [0.15, 0.2) is 12.6 Å². The summed E-state index contributed by atoms with van der Waals surface area (Å²) in [6.45, 7) is 2.76. The van der Waals surface area contributed by atoms with Crippen molar-refractivity contribution >= 4 is 5.91 Å². The SMILES string of the molecule is CCCCCCC/C=C\C/C=C\C/C=C\CCCCCCCCC(=O)NC(COC1OC(CO)C(OC2OC(CO)C(O)C(O)C2O)C(O)C1O)C(O)/C=C/CC/C=C/CCCCCCCCCCCCCCCC. The molecule has 12 unspecified atom stereocenters. The molecule has 0 aliphatic carbocycles. The first-order valence-electron chi connectivity index (χ1n) is 30.0. The van der Waals surface area contributed by atoms with E-state index in [9.17, 15) is 45.6 Å². The fourth-order valence-corrected chi connectivity index (χ4v) is 9.55. The molecule has 2 aliphatic heterocycles. The van der Waals surface area contributed by atoms with Gasteiger partial charge in [-0.15, -0.1) is 0 Å². The van der Waals surface area contributed by atoms with Crippen LogP contribution in [-0.4, -0.2) is 140 Å². The maximum absolute atomic E-state index is 13.3. The maximum atomic E-state index is 13.3. The summed E-state index contributed by atoms with van der Waals surface area (Å²) in [4.78, 5) is 13.3. The molecule has 0 spiro atoms. The van der Waals surface area contributed by atoms with Gasteiger partial charge >= 0.3 is 0 Å². The number of aliphatic hydroxyl groups is 8. The van der Waals surface area contributed by atoms with Crippen LogP contribution < -0.4 is 5.32 Å². The largest absolute Gasteiger partial charge is 0.394 e. The van der Waals surface area contributed by atoms with Crippen molar-refractivity contribution in [3.05, 3.63) is 60.8 Å². The van der Waals surface area contributed by atoms with Crippen LogP contribution in [0.1, 0.15) is 226 Å². The first-order chi connectivity index (χ1) is 36.6. The van der Waals surface area contributed by atoms with Gasteiger partial charge in [-0.3, -0.25) is 4.79 Å². The van der Waals surface area contributed by atoms with E-state index < -0.39 is 86.8 Å². The number of nitrogens with one attached hydrogen (secondary N) is 1. The third-order valence-corrected chi connectivity index (χ3v) is 14.4. The Morgan fingerprint density at radius 1 is 0.480 bits per heavy atom. The molecule has 0 aromatic heterocycles. The average Bonchev–Trinajstić information content (AvgIpc) is 3.41. The summed E-state index contributed by atoms with van der Waals surface area (Å²) in [6, 6.07) is -0.941. The van der Waals surface area contributed by atoms with Gasteiger partial charge in [-0.25, -0.2) is 0 Å². The predicted octanol–water partition coefficient (Wildman–Crippen LogP) is 10.2. The lowest BCUT2D eigenvalue weighted by Gasteiger charge is -2.46. The van der Waals surface area contributed by atoms with Crippen LogP contribution in [0.15, 0.2) is 60.8 Å². The quantitative estimate of drug-likeness (QED) is 0.0204. The third-order valence-electron chi connectivity index (χ3n) is 14.4. The summed E-state index contributed by atoms with van der Waals surface area (Å²) < 4.78 is 22.8. The number of ether oxygens (including phenoxy) is 4. The number of hydrogen-bond acceptors (Lipinski definition) is 13. The molecule has 2 rings (SSSR count). The van der Waals surface area contributed by atoms with E-state index in [1.54, 1.807) is 6.08 Å². The molecule has 2 fully saturated rings. The van der Waals surface area contributed by atoms with E-state index in [1.807, 2.05) is 6.08 Å². The summed E-state index contributed by atoms with van der Waals surface area (Å²) in [5, 5.41) is 87.1. The predicted molar refractivity (Wildman–Crippen MR) is 300 cm³/mol. The van der Waals surface area contributed by atoms with Crippen molar-refractivity contribution < 1.29 is 64.6 Å². The van der Waals surface area contributed by atoms with Gasteiger partial charge in [0.2, 0.25) is 5.91 Å². The van der Waals surface area contributed by atoms with Crippen molar-refractivity contribution in [2.75, 3.05) is 19.8 Å². The van der Waals surface area contributed by atoms with Crippen LogP contribution in [0, 0.1) is 0 Å². The number of rotatable bonds is 47. The van der Waals surface area contributed by atoms with Gasteiger partial charge in [-0.05, 0) is 70.6 Å². The lowest BCUT2D eigenvalue weighted by atomic mass is 9.97. The standard InChI is InChI=1S/C61H109NO13/c1-3-5-7-9-11-13-15-17-19-21-23-25-27-29-31-33-35-37-39-41-43-45-53(66)62-49(50(65)44-42-40-38-36-34-32-30-28-26-24-22-20-18-16-14-12-10-8-6-4-2)48-72-60-58(71)56(69)59(52(47-64)74-60)75-61-57(70)55(68)54(67)51(46-63)73-61/h15,17,21,23,27,29,34,36,42,44,49-52,54-61,63-65,67-71H,3-14,16,18-20,22,24-26,28,30-33,35,37-41,43,45-48H2,1-2H3,(H,62,66)/b17-15-,23-21-,29-27-,36-34+,44-42+. The zero-order chi connectivity index (χ0) is 54.6. The molecule has 2 heterocycles. The summed E-state index contributed by atoms with van der Waals surface area (Å²) in [7, 11) is 0. The van der Waals surface area contributed by atoms with E-state index in [0.29, 0.717) is 12.8 Å². The Balaban J connectivity index is 1.80. The van der Waals surface area contributed by atoms with Crippen LogP contribution in [-0.2, 0) is 23.7 Å². The lowest BCUT2D eigenvalue weighted by molar-refractivity contribution is -0.359. The van der Waals surface area contributed by atoms with Crippen molar-refractivity contribution in [2.45, 2.75) is 299 Å². The fraction of sp³-hybridized carbons (Fsp3) is 0.820. The number of unbranched alkanes of at least 4 members (excludes halogenated alkanes) is 26. The van der Waals surface area contributed by atoms with E-state index in [0.717, 1.165) is 64.2 Å². The van der Waals surface area contributed by atoms with E-state index in [-0.39, 0.29) is 18.9 Å². The molecule has 0 aromatic carbocycles. The van der Waals surface area contributed by atoms with Crippen LogP contribution in [0.2, 0.25) is 0 Å². The molecule has 9 N–H and O–H groups in total. The second-order valence-electron chi connectivity index (χ2n) is 21.1.